The zero-order valence-corrected chi connectivity index (χ0v) is 36.5. The normalized spacial score (nSPS) is 38.1. The molecule has 324 valence electrons. The summed E-state index contributed by atoms with van der Waals surface area (Å²) in [4.78, 5) is 61.1. The summed E-state index contributed by atoms with van der Waals surface area (Å²) in [5, 5.41) is 21.7. The molecule has 58 heavy (non-hydrogen) atoms. The molecule has 3 saturated heterocycles. The van der Waals surface area contributed by atoms with E-state index >= 15 is 4.39 Å². The Labute approximate surface area is 344 Å². The quantitative estimate of drug-likeness (QED) is 0.181. The largest absolute Gasteiger partial charge is 0.455 e. The summed E-state index contributed by atoms with van der Waals surface area (Å²) in [5.41, 5.74) is -5.34. The van der Waals surface area contributed by atoms with Crippen molar-refractivity contribution in [3.05, 3.63) is 23.7 Å². The van der Waals surface area contributed by atoms with Gasteiger partial charge in [-0.05, 0) is 85.3 Å². The Morgan fingerprint density at radius 1 is 1.07 bits per heavy atom. The number of aryl methyl sites for hydroxylation is 1. The van der Waals surface area contributed by atoms with Gasteiger partial charge >= 0.3 is 12.1 Å². The molecule has 3 aliphatic heterocycles. The van der Waals surface area contributed by atoms with E-state index in [0.29, 0.717) is 25.8 Å². The summed E-state index contributed by atoms with van der Waals surface area (Å²) < 4.78 is 49.3. The molecule has 0 bridgehead atoms. The number of thiophene rings is 1. The third-order valence-corrected chi connectivity index (χ3v) is 13.5. The first-order valence-electron chi connectivity index (χ1n) is 20.3. The number of nitrogens with zero attached hydrogens (tertiary/aromatic N) is 5. The van der Waals surface area contributed by atoms with Crippen LogP contribution in [-0.2, 0) is 44.6 Å². The Morgan fingerprint density at radius 2 is 1.76 bits per heavy atom. The summed E-state index contributed by atoms with van der Waals surface area (Å²) in [7, 11) is 5.05. The number of esters is 1. The molecule has 0 aromatic carbocycles. The summed E-state index contributed by atoms with van der Waals surface area (Å²) in [5.74, 6) is -5.79. The number of hydrogen-bond donors (Lipinski definition) is 1. The number of ether oxygens (including phenoxy) is 5. The topological polar surface area (TPSA) is 172 Å². The fourth-order valence-corrected chi connectivity index (χ4v) is 10.0. The van der Waals surface area contributed by atoms with Crippen molar-refractivity contribution >= 4 is 35.0 Å². The number of hydrogen-bond acceptors (Lipinski definition) is 14. The Kier molecular flexibility index (Phi) is 14.3. The predicted molar refractivity (Wildman–Crippen MR) is 212 cm³/mol. The Bertz CT molecular complexity index is 1760. The molecule has 2 aromatic rings. The van der Waals surface area contributed by atoms with E-state index in [0.717, 1.165) is 17.5 Å². The summed E-state index contributed by atoms with van der Waals surface area (Å²) in [6.07, 6.45) is -2.55. The molecule has 5 heterocycles. The van der Waals surface area contributed by atoms with Gasteiger partial charge in [-0.25, -0.2) is 18.7 Å². The van der Waals surface area contributed by atoms with E-state index < -0.39 is 83.1 Å². The molecule has 3 aliphatic rings. The first-order chi connectivity index (χ1) is 27.2. The number of halogens is 1. The molecule has 15 nitrogen and oxygen atoms in total. The number of likely N-dealkylation sites (N-methyl/N-ethyl adjacent to an activating group) is 1. The molecule has 0 spiro atoms. The van der Waals surface area contributed by atoms with Crippen LogP contribution in [0.4, 0.5) is 9.18 Å². The van der Waals surface area contributed by atoms with Gasteiger partial charge in [-0.1, -0.05) is 39.0 Å². The van der Waals surface area contributed by atoms with Crippen LogP contribution in [0, 0.1) is 17.8 Å². The van der Waals surface area contributed by atoms with Gasteiger partial charge in [0.25, 0.3) is 5.67 Å². The van der Waals surface area contributed by atoms with Crippen molar-refractivity contribution in [1.82, 2.24) is 24.8 Å². The number of aliphatic hydroxyl groups is 1. The fraction of sp³-hybridized carbons (Fsp3) is 0.756. The van der Waals surface area contributed by atoms with Crippen LogP contribution in [0.2, 0.25) is 0 Å². The van der Waals surface area contributed by atoms with Crippen LogP contribution < -0.4 is 0 Å². The van der Waals surface area contributed by atoms with E-state index in [2.05, 4.69) is 10.3 Å². The van der Waals surface area contributed by atoms with Crippen molar-refractivity contribution < 1.29 is 52.4 Å². The van der Waals surface area contributed by atoms with Crippen LogP contribution in [0.3, 0.4) is 0 Å². The number of ketones is 2. The van der Waals surface area contributed by atoms with Gasteiger partial charge in [0.15, 0.2) is 17.7 Å². The monoisotopic (exact) mass is 835 g/mol. The van der Waals surface area contributed by atoms with Crippen molar-refractivity contribution in [2.45, 2.75) is 154 Å². The van der Waals surface area contributed by atoms with Crippen LogP contribution in [0.1, 0.15) is 87.5 Å². The standard InChI is InChI=1S/C41H62FN5O10S/c1-12-30-41(8)33(46(38(52)57-41)17-13-14-18-47-28(22-43-44-47)29-16-15-19-58-29)25(4)31(48)23(2)21-39(6,53-11)35(26(5)34(50)40(7,42)37(51)55-30)56-36-32(49)27(45(9)10)20-24(3)54-36/h15-16,19,22-27,30,32-33,35-36,49H,12-14,17-18,20-21H2,1-11H3/t23-,24-,25+,26+,27+,30-,32-,33-,35-,36+,39-,40+,41-/m1/s1. The first-order valence-corrected chi connectivity index (χ1v) is 21.2. The maximum Gasteiger partial charge on any atom is 0.410 e. The van der Waals surface area contributed by atoms with Gasteiger partial charge in [0.2, 0.25) is 0 Å². The highest BCUT2D eigenvalue weighted by atomic mass is 32.1. The van der Waals surface area contributed by atoms with Gasteiger partial charge in [-0.15, -0.1) is 16.4 Å². The summed E-state index contributed by atoms with van der Waals surface area (Å²) >= 11 is 1.58. The van der Waals surface area contributed by atoms with Crippen molar-refractivity contribution in [3.8, 4) is 10.6 Å². The Hall–Kier alpha value is -3.35. The second kappa shape index (κ2) is 18.1. The van der Waals surface area contributed by atoms with Crippen LogP contribution in [0.15, 0.2) is 23.7 Å². The van der Waals surface area contributed by atoms with E-state index in [1.165, 1.54) is 18.9 Å². The first kappa shape index (κ1) is 45.7. The lowest BCUT2D eigenvalue weighted by molar-refractivity contribution is -0.295. The molecule has 1 N–H and O–H groups in total. The zero-order valence-electron chi connectivity index (χ0n) is 35.7. The molecule has 0 saturated carbocycles. The SMILES string of the molecule is CC[C@H]1OC(=O)[C@@](C)(F)C(=O)[C@H](C)[C@@H](O[C@@H]2O[C@H](C)C[C@H](N(C)C)[C@H]2O)[C@](C)(OC)C[C@@H](C)C(=O)[C@H](C)[C@H]2N(CCCCn3nncc3-c3cccs3)C(=O)O[C@]12C. The van der Waals surface area contributed by atoms with Gasteiger partial charge in [0, 0.05) is 44.0 Å². The second-order valence-corrected chi connectivity index (χ2v) is 18.1. The maximum atomic E-state index is 16.9. The van der Waals surface area contributed by atoms with Gasteiger partial charge in [0.1, 0.15) is 18.0 Å². The number of methoxy groups -OCH3 is 1. The number of Topliss-reactive ketones (excluding diaryl/α,β-unsaturated/α-hetero) is 2. The Morgan fingerprint density at radius 3 is 2.38 bits per heavy atom. The van der Waals surface area contributed by atoms with Gasteiger partial charge < -0.3 is 38.6 Å². The highest BCUT2D eigenvalue weighted by molar-refractivity contribution is 7.13. The number of alkyl halides is 1. The third kappa shape index (κ3) is 8.90. The number of unbranched alkanes of at least 4 members (excludes halogenated alkanes) is 1. The highest BCUT2D eigenvalue weighted by Gasteiger charge is 2.61. The second-order valence-electron chi connectivity index (χ2n) is 17.1. The molecular weight excluding hydrogens is 774 g/mol. The number of aliphatic hydroxyl groups excluding tert-OH is 1. The number of rotatable bonds is 11. The molecule has 17 heteroatoms. The van der Waals surface area contributed by atoms with Crippen molar-refractivity contribution in [2.24, 2.45) is 17.8 Å². The molecule has 0 radical (unpaired) electrons. The van der Waals surface area contributed by atoms with Gasteiger partial charge in [0.05, 0.1) is 40.6 Å². The minimum Gasteiger partial charge on any atom is -0.455 e. The van der Waals surface area contributed by atoms with Crippen LogP contribution >= 0.6 is 11.3 Å². The van der Waals surface area contributed by atoms with Gasteiger partial charge in [-0.3, -0.25) is 9.59 Å². The zero-order chi connectivity index (χ0) is 42.9. The minimum absolute atomic E-state index is 0.00217. The van der Waals surface area contributed by atoms with Crippen molar-refractivity contribution in [3.63, 3.8) is 0 Å². The van der Waals surface area contributed by atoms with E-state index in [9.17, 15) is 24.3 Å². The summed E-state index contributed by atoms with van der Waals surface area (Å²) in [6, 6.07) is 2.66. The smallest absolute Gasteiger partial charge is 0.410 e. The number of fused-ring (bicyclic) bond motifs is 1. The van der Waals surface area contributed by atoms with E-state index in [1.807, 2.05) is 48.1 Å². The number of carbonyl (C=O) groups excluding carboxylic acids is 4. The summed E-state index contributed by atoms with van der Waals surface area (Å²) in [6.45, 7) is 13.3. The minimum atomic E-state index is -3.18. The molecular formula is C41H62FN5O10S. The van der Waals surface area contributed by atoms with E-state index in [4.69, 9.17) is 23.7 Å². The molecule has 2 aromatic heterocycles. The van der Waals surface area contributed by atoms with E-state index in [1.54, 1.807) is 52.2 Å². The molecule has 13 atom stereocenters. The molecule has 0 unspecified atom stereocenters. The van der Waals surface area contributed by atoms with Crippen molar-refractivity contribution in [2.75, 3.05) is 27.7 Å². The molecule has 3 fully saturated rings. The number of carbonyl (C=O) groups is 4. The fourth-order valence-electron chi connectivity index (χ4n) is 9.29. The average molecular weight is 836 g/mol. The molecule has 0 aliphatic carbocycles. The lowest BCUT2D eigenvalue weighted by atomic mass is 9.73. The highest BCUT2D eigenvalue weighted by Crippen LogP contribution is 2.44. The predicted octanol–water partition coefficient (Wildman–Crippen LogP) is 5.08. The van der Waals surface area contributed by atoms with Crippen LogP contribution in [0.25, 0.3) is 10.6 Å². The van der Waals surface area contributed by atoms with Crippen LogP contribution in [-0.4, -0.2) is 141 Å². The molecule has 5 rings (SSSR count). The maximum absolute atomic E-state index is 16.9. The number of amides is 1. The number of cyclic esters (lactones) is 1. The average Bonchev–Trinajstić information content (AvgIpc) is 3.93. The lowest BCUT2D eigenvalue weighted by Crippen LogP contribution is -2.61. The Balaban J connectivity index is 1.48. The van der Waals surface area contributed by atoms with Crippen LogP contribution in [0.5, 0.6) is 0 Å². The van der Waals surface area contributed by atoms with Gasteiger partial charge in [-0.2, -0.15) is 0 Å². The lowest BCUT2D eigenvalue weighted by Gasteiger charge is -2.47. The third-order valence-electron chi connectivity index (χ3n) is 12.6. The van der Waals surface area contributed by atoms with E-state index in [-0.39, 0.29) is 37.3 Å². The van der Waals surface area contributed by atoms with Crippen molar-refractivity contribution in [1.29, 1.82) is 0 Å². The number of aromatic nitrogens is 3. The molecule has 1 amide bonds.